The summed E-state index contributed by atoms with van der Waals surface area (Å²) in [5, 5.41) is 8.99. The predicted molar refractivity (Wildman–Crippen MR) is 103 cm³/mol. The number of carboxylic acid groups (broad SMARTS) is 1. The van der Waals surface area contributed by atoms with Crippen molar-refractivity contribution in [1.29, 1.82) is 0 Å². The van der Waals surface area contributed by atoms with Crippen molar-refractivity contribution in [1.82, 2.24) is 4.90 Å². The zero-order chi connectivity index (χ0) is 19.1. The van der Waals surface area contributed by atoms with Crippen LogP contribution in [-0.2, 0) is 11.3 Å². The molecule has 0 aliphatic rings. The Morgan fingerprint density at radius 2 is 1.65 bits per heavy atom. The predicted octanol–water partition coefficient (Wildman–Crippen LogP) is 3.51. The van der Waals surface area contributed by atoms with Crippen LogP contribution in [0.3, 0.4) is 0 Å². The molecule has 0 heterocycles. The number of amides is 1. The number of carbonyl (C=O) groups is 2. The summed E-state index contributed by atoms with van der Waals surface area (Å²) < 4.78 is 0. The third kappa shape index (κ3) is 5.09. The van der Waals surface area contributed by atoms with Gasteiger partial charge in [0.1, 0.15) is 0 Å². The first kappa shape index (κ1) is 19.5. The Balaban J connectivity index is 2.06. The van der Waals surface area contributed by atoms with Gasteiger partial charge in [0.05, 0.1) is 5.92 Å². The van der Waals surface area contributed by atoms with E-state index in [-0.39, 0.29) is 12.5 Å². The van der Waals surface area contributed by atoms with Gasteiger partial charge >= 0.3 is 5.97 Å². The zero-order valence-electron chi connectivity index (χ0n) is 15.6. The Morgan fingerprint density at radius 3 is 2.19 bits per heavy atom. The average Bonchev–Trinajstić information content (AvgIpc) is 2.66. The molecular formula is C21H26N2O3. The average molecular weight is 354 g/mol. The van der Waals surface area contributed by atoms with Gasteiger partial charge in [0.15, 0.2) is 0 Å². The minimum absolute atomic E-state index is 0.171. The van der Waals surface area contributed by atoms with E-state index in [0.717, 1.165) is 18.8 Å². The molecule has 1 N–H and O–H groups in total. The lowest BCUT2D eigenvalue weighted by atomic mass is 10.1. The maximum absolute atomic E-state index is 12.5. The highest BCUT2D eigenvalue weighted by Crippen LogP contribution is 2.19. The van der Waals surface area contributed by atoms with E-state index in [1.807, 2.05) is 30.3 Å². The lowest BCUT2D eigenvalue weighted by Gasteiger charge is -2.24. The van der Waals surface area contributed by atoms with Crippen molar-refractivity contribution in [2.45, 2.75) is 20.4 Å². The summed E-state index contributed by atoms with van der Waals surface area (Å²) in [5.74, 6) is -1.67. The summed E-state index contributed by atoms with van der Waals surface area (Å²) in [4.78, 5) is 27.1. The molecule has 2 rings (SSSR count). The van der Waals surface area contributed by atoms with Gasteiger partial charge in [-0.15, -0.1) is 0 Å². The van der Waals surface area contributed by atoms with E-state index in [2.05, 4.69) is 24.0 Å². The number of anilines is 1. The number of hydrogen-bond donors (Lipinski definition) is 1. The Bertz CT molecular complexity index is 729. The van der Waals surface area contributed by atoms with Crippen LogP contribution in [0.25, 0.3) is 0 Å². The first-order valence-corrected chi connectivity index (χ1v) is 8.79. The number of nitrogens with zero attached hydrogens (tertiary/aromatic N) is 2. The van der Waals surface area contributed by atoms with E-state index >= 15 is 0 Å². The van der Waals surface area contributed by atoms with Gasteiger partial charge in [-0.2, -0.15) is 0 Å². The number of benzene rings is 2. The molecule has 0 bridgehead atoms. The van der Waals surface area contributed by atoms with Crippen LogP contribution < -0.4 is 4.90 Å². The Kier molecular flexibility index (Phi) is 6.78. The number of aliphatic carboxylic acids is 1. The van der Waals surface area contributed by atoms with Crippen molar-refractivity contribution >= 4 is 17.6 Å². The molecule has 0 saturated carbocycles. The molecule has 0 saturated heterocycles. The topological polar surface area (TPSA) is 60.9 Å². The normalized spacial score (nSPS) is 11.7. The molecule has 0 fully saturated rings. The molecule has 0 radical (unpaired) electrons. The lowest BCUT2D eigenvalue weighted by molar-refractivity contribution is -0.141. The first-order valence-electron chi connectivity index (χ1n) is 8.79. The van der Waals surface area contributed by atoms with E-state index < -0.39 is 11.9 Å². The van der Waals surface area contributed by atoms with Crippen LogP contribution >= 0.6 is 0 Å². The number of carbonyl (C=O) groups excluding carboxylic acids is 1. The SMILES string of the molecule is CCN(Cc1ccccc1)c1ccc(C(=O)N(C)CC(C)C(=O)O)cc1. The minimum atomic E-state index is -0.903. The second-order valence-corrected chi connectivity index (χ2v) is 6.47. The van der Waals surface area contributed by atoms with Crippen LogP contribution in [-0.4, -0.2) is 42.0 Å². The first-order chi connectivity index (χ1) is 12.4. The molecule has 1 amide bonds. The molecule has 1 unspecified atom stereocenters. The maximum Gasteiger partial charge on any atom is 0.308 e. The molecule has 0 aromatic heterocycles. The highest BCUT2D eigenvalue weighted by Gasteiger charge is 2.18. The van der Waals surface area contributed by atoms with E-state index in [4.69, 9.17) is 5.11 Å². The van der Waals surface area contributed by atoms with Gasteiger partial charge in [0, 0.05) is 37.9 Å². The van der Waals surface area contributed by atoms with Gasteiger partial charge in [0.25, 0.3) is 5.91 Å². The molecule has 2 aromatic carbocycles. The van der Waals surface area contributed by atoms with E-state index in [1.165, 1.54) is 10.5 Å². The third-order valence-electron chi connectivity index (χ3n) is 4.39. The van der Waals surface area contributed by atoms with Crippen LogP contribution in [0.1, 0.15) is 29.8 Å². The van der Waals surface area contributed by atoms with Crippen molar-refractivity contribution in [2.75, 3.05) is 25.0 Å². The summed E-state index contributed by atoms with van der Waals surface area (Å²) in [7, 11) is 1.63. The maximum atomic E-state index is 12.5. The molecule has 0 aliphatic heterocycles. The summed E-state index contributed by atoms with van der Waals surface area (Å²) in [6.45, 7) is 5.55. The number of rotatable bonds is 8. The van der Waals surface area contributed by atoms with E-state index in [0.29, 0.717) is 5.56 Å². The highest BCUT2D eigenvalue weighted by molar-refractivity contribution is 5.94. The number of hydrogen-bond acceptors (Lipinski definition) is 3. The largest absolute Gasteiger partial charge is 0.481 e. The number of carboxylic acids is 1. The molecule has 1 atom stereocenters. The zero-order valence-corrected chi connectivity index (χ0v) is 15.6. The molecule has 5 heteroatoms. The Labute approximate surface area is 154 Å². The quantitative estimate of drug-likeness (QED) is 0.788. The minimum Gasteiger partial charge on any atom is -0.481 e. The molecule has 0 aliphatic carbocycles. The second kappa shape index (κ2) is 9.04. The Hall–Kier alpha value is -2.82. The molecule has 5 nitrogen and oxygen atoms in total. The molecular weight excluding hydrogens is 328 g/mol. The molecule has 0 spiro atoms. The van der Waals surface area contributed by atoms with Gasteiger partial charge in [-0.3, -0.25) is 9.59 Å². The second-order valence-electron chi connectivity index (χ2n) is 6.47. The van der Waals surface area contributed by atoms with Crippen LogP contribution in [0.4, 0.5) is 5.69 Å². The molecule has 2 aromatic rings. The van der Waals surface area contributed by atoms with Crippen molar-refractivity contribution < 1.29 is 14.7 Å². The fraction of sp³-hybridized carbons (Fsp3) is 0.333. The standard InChI is InChI=1S/C21H26N2O3/c1-4-23(15-17-8-6-5-7-9-17)19-12-10-18(11-13-19)20(24)22(3)14-16(2)21(25)26/h5-13,16H,4,14-15H2,1-3H3,(H,25,26). The van der Waals surface area contributed by atoms with Gasteiger partial charge in [-0.1, -0.05) is 37.3 Å². The molecule has 138 valence electrons. The highest BCUT2D eigenvalue weighted by atomic mass is 16.4. The third-order valence-corrected chi connectivity index (χ3v) is 4.39. The van der Waals surface area contributed by atoms with Crippen LogP contribution in [0.15, 0.2) is 54.6 Å². The van der Waals surface area contributed by atoms with Crippen molar-refractivity contribution in [3.05, 3.63) is 65.7 Å². The fourth-order valence-corrected chi connectivity index (χ4v) is 2.80. The molecule has 26 heavy (non-hydrogen) atoms. The van der Waals surface area contributed by atoms with Gasteiger partial charge < -0.3 is 14.9 Å². The fourth-order valence-electron chi connectivity index (χ4n) is 2.80. The van der Waals surface area contributed by atoms with Crippen molar-refractivity contribution in [3.63, 3.8) is 0 Å². The Morgan fingerprint density at radius 1 is 1.04 bits per heavy atom. The van der Waals surface area contributed by atoms with Gasteiger partial charge in [0.2, 0.25) is 0 Å². The monoisotopic (exact) mass is 354 g/mol. The van der Waals surface area contributed by atoms with E-state index in [1.54, 1.807) is 26.1 Å². The lowest BCUT2D eigenvalue weighted by Crippen LogP contribution is -2.33. The summed E-state index contributed by atoms with van der Waals surface area (Å²) in [5.41, 5.74) is 2.84. The van der Waals surface area contributed by atoms with Gasteiger partial charge in [-0.25, -0.2) is 0 Å². The van der Waals surface area contributed by atoms with Gasteiger partial charge in [-0.05, 0) is 36.8 Å². The summed E-state index contributed by atoms with van der Waals surface area (Å²) in [6.07, 6.45) is 0. The van der Waals surface area contributed by atoms with Crippen molar-refractivity contribution in [3.8, 4) is 0 Å². The van der Waals surface area contributed by atoms with E-state index in [9.17, 15) is 9.59 Å². The van der Waals surface area contributed by atoms with Crippen LogP contribution in [0.2, 0.25) is 0 Å². The van der Waals surface area contributed by atoms with Crippen molar-refractivity contribution in [2.24, 2.45) is 5.92 Å². The van der Waals surface area contributed by atoms with Crippen LogP contribution in [0.5, 0.6) is 0 Å². The summed E-state index contributed by atoms with van der Waals surface area (Å²) >= 11 is 0. The van der Waals surface area contributed by atoms with Crippen LogP contribution in [0, 0.1) is 5.92 Å². The summed E-state index contributed by atoms with van der Waals surface area (Å²) in [6, 6.07) is 17.7. The smallest absolute Gasteiger partial charge is 0.308 e.